The van der Waals surface area contributed by atoms with Gasteiger partial charge in [-0.1, -0.05) is 50.6 Å². The van der Waals surface area contributed by atoms with Crippen molar-refractivity contribution in [3.63, 3.8) is 0 Å². The molecule has 2 rings (SSSR count). The van der Waals surface area contributed by atoms with Gasteiger partial charge in [-0.25, -0.2) is 0 Å². The summed E-state index contributed by atoms with van der Waals surface area (Å²) in [6.07, 6.45) is 3.97. The van der Waals surface area contributed by atoms with Gasteiger partial charge in [0.05, 0.1) is 0 Å². The van der Waals surface area contributed by atoms with Crippen LogP contribution in [0.4, 0.5) is 5.95 Å². The molecule has 0 saturated heterocycles. The van der Waals surface area contributed by atoms with E-state index in [4.69, 9.17) is 0 Å². The molecule has 0 fully saturated rings. The van der Waals surface area contributed by atoms with E-state index < -0.39 is 0 Å². The monoisotopic (exact) mass is 371 g/mol. The molecule has 1 aromatic carbocycles. The highest BCUT2D eigenvalue weighted by Crippen LogP contribution is 2.33. The smallest absolute Gasteiger partial charge is 0.226 e. The molecular weight excluding hydrogens is 338 g/mol. The van der Waals surface area contributed by atoms with E-state index in [1.165, 1.54) is 5.56 Å². The average molecular weight is 372 g/mol. The maximum absolute atomic E-state index is 11.0. The predicted octanol–water partition coefficient (Wildman–Crippen LogP) is 3.03. The van der Waals surface area contributed by atoms with Gasteiger partial charge in [-0.2, -0.15) is 0 Å². The zero-order valence-corrected chi connectivity index (χ0v) is 17.4. The second-order valence-electron chi connectivity index (χ2n) is 7.51. The molecule has 0 aliphatic rings. The first kappa shape index (κ1) is 20.9. The van der Waals surface area contributed by atoms with Gasteiger partial charge in [-0.3, -0.25) is 9.36 Å². The largest absolute Gasteiger partial charge is 0.344 e. The third kappa shape index (κ3) is 5.08. The van der Waals surface area contributed by atoms with E-state index >= 15 is 0 Å². The Morgan fingerprint density at radius 2 is 1.85 bits per heavy atom. The number of rotatable bonds is 11. The van der Waals surface area contributed by atoms with Crippen LogP contribution in [0.1, 0.15) is 45.0 Å². The van der Waals surface area contributed by atoms with Gasteiger partial charge >= 0.3 is 0 Å². The van der Waals surface area contributed by atoms with Crippen LogP contribution in [-0.2, 0) is 23.7 Å². The molecule has 6 heteroatoms. The molecule has 0 bridgehead atoms. The van der Waals surface area contributed by atoms with Crippen LogP contribution in [0.3, 0.4) is 0 Å². The number of nitrogens with zero attached hydrogens (tertiary/aromatic N) is 5. The second kappa shape index (κ2) is 9.53. The predicted molar refractivity (Wildman–Crippen MR) is 110 cm³/mol. The highest BCUT2D eigenvalue weighted by molar-refractivity contribution is 5.47. The Kier molecular flexibility index (Phi) is 7.39. The standard InChI is InChI=1S/C21H33N5O/c1-6-13-21(3,16-18-11-9-8-10-12-18)19-22-23-20(25(19)5)24(4)14-15-26(7-2)17-27/h8-12,17H,6-7,13-16H2,1-5H3. The van der Waals surface area contributed by atoms with Crippen LogP contribution in [0, 0.1) is 0 Å². The van der Waals surface area contributed by atoms with Gasteiger partial charge in [-0.05, 0) is 25.3 Å². The van der Waals surface area contributed by atoms with E-state index in [1.807, 2.05) is 21.0 Å². The molecule has 1 aromatic heterocycles. The highest BCUT2D eigenvalue weighted by atomic mass is 16.1. The minimum Gasteiger partial charge on any atom is -0.344 e. The quantitative estimate of drug-likeness (QED) is 0.570. The van der Waals surface area contributed by atoms with Gasteiger partial charge in [0.15, 0.2) is 0 Å². The van der Waals surface area contributed by atoms with Crippen molar-refractivity contribution >= 4 is 12.4 Å². The molecule has 27 heavy (non-hydrogen) atoms. The van der Waals surface area contributed by atoms with Crippen LogP contribution < -0.4 is 4.90 Å². The third-order valence-electron chi connectivity index (χ3n) is 5.25. The van der Waals surface area contributed by atoms with Gasteiger partial charge < -0.3 is 9.80 Å². The number of amides is 1. The minimum absolute atomic E-state index is 0.0742. The van der Waals surface area contributed by atoms with Gasteiger partial charge in [0.1, 0.15) is 5.82 Å². The summed E-state index contributed by atoms with van der Waals surface area (Å²) in [5.74, 6) is 1.85. The number of carbonyl (C=O) groups excluding carboxylic acids is 1. The lowest BCUT2D eigenvalue weighted by molar-refractivity contribution is -0.117. The van der Waals surface area contributed by atoms with Gasteiger partial charge in [-0.15, -0.1) is 10.2 Å². The third-order valence-corrected chi connectivity index (χ3v) is 5.25. The number of benzene rings is 1. The lowest BCUT2D eigenvalue weighted by atomic mass is 9.79. The molecule has 2 aromatic rings. The first-order chi connectivity index (χ1) is 12.9. The number of aromatic nitrogens is 3. The van der Waals surface area contributed by atoms with Crippen molar-refractivity contribution in [2.75, 3.05) is 31.6 Å². The molecule has 0 aliphatic carbocycles. The van der Waals surface area contributed by atoms with E-state index in [2.05, 4.69) is 63.8 Å². The molecule has 6 nitrogen and oxygen atoms in total. The number of carbonyl (C=O) groups is 1. The van der Waals surface area contributed by atoms with E-state index in [9.17, 15) is 4.79 Å². The van der Waals surface area contributed by atoms with Crippen molar-refractivity contribution in [3.8, 4) is 0 Å². The number of hydrogen-bond donors (Lipinski definition) is 0. The lowest BCUT2D eigenvalue weighted by Gasteiger charge is -2.29. The molecule has 0 aliphatic heterocycles. The number of hydrogen-bond acceptors (Lipinski definition) is 4. The van der Waals surface area contributed by atoms with E-state index in [1.54, 1.807) is 4.90 Å². The van der Waals surface area contributed by atoms with E-state index in [0.717, 1.165) is 44.0 Å². The van der Waals surface area contributed by atoms with Crippen LogP contribution in [0.5, 0.6) is 0 Å². The molecular formula is C21H33N5O. The average Bonchev–Trinajstić information content (AvgIpc) is 3.05. The molecule has 0 radical (unpaired) electrons. The fourth-order valence-corrected chi connectivity index (χ4v) is 3.72. The Hall–Kier alpha value is -2.37. The van der Waals surface area contributed by atoms with Crippen molar-refractivity contribution in [1.29, 1.82) is 0 Å². The lowest BCUT2D eigenvalue weighted by Crippen LogP contribution is -2.34. The van der Waals surface area contributed by atoms with Crippen LogP contribution >= 0.6 is 0 Å². The van der Waals surface area contributed by atoms with Crippen LogP contribution in [0.15, 0.2) is 30.3 Å². The summed E-state index contributed by atoms with van der Waals surface area (Å²) < 4.78 is 2.11. The molecule has 1 amide bonds. The molecule has 0 N–H and O–H groups in total. The van der Waals surface area contributed by atoms with Crippen molar-refractivity contribution in [3.05, 3.63) is 41.7 Å². The molecule has 0 saturated carbocycles. The summed E-state index contributed by atoms with van der Waals surface area (Å²) in [4.78, 5) is 14.8. The molecule has 1 unspecified atom stereocenters. The Bertz CT molecular complexity index is 715. The fourth-order valence-electron chi connectivity index (χ4n) is 3.72. The second-order valence-corrected chi connectivity index (χ2v) is 7.51. The molecule has 1 atom stereocenters. The first-order valence-electron chi connectivity index (χ1n) is 9.79. The Balaban J connectivity index is 2.22. The SMILES string of the molecule is CCCC(C)(Cc1ccccc1)c1nnc(N(C)CCN(C=O)CC)n1C. The van der Waals surface area contributed by atoms with Crippen LogP contribution in [-0.4, -0.2) is 52.8 Å². The Labute approximate surface area is 163 Å². The normalized spacial score (nSPS) is 13.2. The maximum atomic E-state index is 11.0. The summed E-state index contributed by atoms with van der Waals surface area (Å²) in [7, 11) is 4.04. The fraction of sp³-hybridized carbons (Fsp3) is 0.571. The number of likely N-dealkylation sites (N-methyl/N-ethyl adjacent to an activating group) is 2. The van der Waals surface area contributed by atoms with E-state index in [-0.39, 0.29) is 5.41 Å². The maximum Gasteiger partial charge on any atom is 0.226 e. The summed E-state index contributed by atoms with van der Waals surface area (Å²) in [6.45, 7) is 8.59. The van der Waals surface area contributed by atoms with Gasteiger partial charge in [0, 0.05) is 39.1 Å². The topological polar surface area (TPSA) is 54.3 Å². The van der Waals surface area contributed by atoms with Crippen molar-refractivity contribution < 1.29 is 4.79 Å². The molecule has 0 spiro atoms. The summed E-state index contributed by atoms with van der Waals surface area (Å²) in [5, 5.41) is 9.05. The van der Waals surface area contributed by atoms with Crippen molar-refractivity contribution in [2.45, 2.75) is 45.4 Å². The van der Waals surface area contributed by atoms with Gasteiger partial charge in [0.25, 0.3) is 0 Å². The Morgan fingerprint density at radius 1 is 1.15 bits per heavy atom. The highest BCUT2D eigenvalue weighted by Gasteiger charge is 2.32. The zero-order chi connectivity index (χ0) is 19.9. The molecule has 1 heterocycles. The summed E-state index contributed by atoms with van der Waals surface area (Å²) in [6, 6.07) is 10.6. The Morgan fingerprint density at radius 3 is 2.44 bits per heavy atom. The van der Waals surface area contributed by atoms with Crippen LogP contribution in [0.2, 0.25) is 0 Å². The number of anilines is 1. The van der Waals surface area contributed by atoms with Gasteiger partial charge in [0.2, 0.25) is 12.4 Å². The minimum atomic E-state index is -0.0742. The van der Waals surface area contributed by atoms with Crippen molar-refractivity contribution in [1.82, 2.24) is 19.7 Å². The zero-order valence-electron chi connectivity index (χ0n) is 17.4. The molecule has 148 valence electrons. The summed E-state index contributed by atoms with van der Waals surface area (Å²) in [5.41, 5.74) is 1.24. The first-order valence-corrected chi connectivity index (χ1v) is 9.79. The van der Waals surface area contributed by atoms with E-state index in [0.29, 0.717) is 13.1 Å². The van der Waals surface area contributed by atoms with Crippen molar-refractivity contribution in [2.24, 2.45) is 7.05 Å². The summed E-state index contributed by atoms with van der Waals surface area (Å²) >= 11 is 0. The van der Waals surface area contributed by atoms with Crippen LogP contribution in [0.25, 0.3) is 0 Å².